The second-order valence-electron chi connectivity index (χ2n) is 4.66. The number of H-pyrrole nitrogens is 1. The first-order valence-electron chi connectivity index (χ1n) is 5.47. The van der Waals surface area contributed by atoms with E-state index in [9.17, 15) is 4.79 Å². The molecular formula is C12H17NO2. The summed E-state index contributed by atoms with van der Waals surface area (Å²) < 4.78 is 0. The van der Waals surface area contributed by atoms with Gasteiger partial charge in [-0.1, -0.05) is 13.8 Å². The van der Waals surface area contributed by atoms with E-state index >= 15 is 0 Å². The molecule has 2 unspecified atom stereocenters. The molecule has 2 rings (SSSR count). The number of aromatic amines is 1. The Balaban J connectivity index is 2.52. The zero-order valence-electron chi connectivity index (χ0n) is 9.21. The number of aromatic nitrogens is 1. The minimum absolute atomic E-state index is 0.141. The highest BCUT2D eigenvalue weighted by molar-refractivity contribution is 5.30. The van der Waals surface area contributed by atoms with Gasteiger partial charge in [0.2, 0.25) is 0 Å². The van der Waals surface area contributed by atoms with Crippen molar-refractivity contribution in [3.05, 3.63) is 33.2 Å². The van der Waals surface area contributed by atoms with Crippen molar-refractivity contribution < 1.29 is 5.11 Å². The van der Waals surface area contributed by atoms with Gasteiger partial charge in [0.15, 0.2) is 0 Å². The maximum absolute atomic E-state index is 11.5. The molecule has 0 radical (unpaired) electrons. The number of aliphatic hydroxyl groups excluding tert-OH is 1. The summed E-state index contributed by atoms with van der Waals surface area (Å²) in [5.41, 5.74) is 2.60. The van der Waals surface area contributed by atoms with Crippen LogP contribution in [0.25, 0.3) is 0 Å². The van der Waals surface area contributed by atoms with Gasteiger partial charge in [-0.2, -0.15) is 0 Å². The molecule has 1 aliphatic rings. The number of nitrogens with one attached hydrogen (secondary N) is 1. The summed E-state index contributed by atoms with van der Waals surface area (Å²) >= 11 is 0. The van der Waals surface area contributed by atoms with Crippen LogP contribution in [-0.2, 0) is 13.0 Å². The fourth-order valence-electron chi connectivity index (χ4n) is 2.52. The topological polar surface area (TPSA) is 53.1 Å². The standard InChI is InChI=1S/C12H17NO2/c1-7-3-8(2)10-5-9(6-14)12(15)13-11(10)4-7/h5,7-8,14H,3-4,6H2,1-2H3,(H,13,15). The third-order valence-electron chi connectivity index (χ3n) is 3.24. The van der Waals surface area contributed by atoms with E-state index in [0.29, 0.717) is 17.4 Å². The normalized spacial score (nSPS) is 25.0. The van der Waals surface area contributed by atoms with Gasteiger partial charge < -0.3 is 10.1 Å². The second-order valence-corrected chi connectivity index (χ2v) is 4.66. The Kier molecular flexibility index (Phi) is 2.65. The highest BCUT2D eigenvalue weighted by Crippen LogP contribution is 2.32. The van der Waals surface area contributed by atoms with Crippen LogP contribution in [0.5, 0.6) is 0 Å². The van der Waals surface area contributed by atoms with Crippen LogP contribution < -0.4 is 5.56 Å². The Hall–Kier alpha value is -1.09. The lowest BCUT2D eigenvalue weighted by Gasteiger charge is -2.27. The summed E-state index contributed by atoms with van der Waals surface area (Å²) in [5.74, 6) is 1.11. The van der Waals surface area contributed by atoms with Gasteiger partial charge in [-0.25, -0.2) is 0 Å². The van der Waals surface area contributed by atoms with Crippen LogP contribution in [0.1, 0.15) is 43.0 Å². The largest absolute Gasteiger partial charge is 0.391 e. The van der Waals surface area contributed by atoms with E-state index in [4.69, 9.17) is 5.11 Å². The molecule has 1 aliphatic carbocycles. The van der Waals surface area contributed by atoms with E-state index in [0.717, 1.165) is 18.5 Å². The second kappa shape index (κ2) is 3.81. The lowest BCUT2D eigenvalue weighted by molar-refractivity contribution is 0.279. The molecule has 0 amide bonds. The van der Waals surface area contributed by atoms with Crippen LogP contribution in [0.4, 0.5) is 0 Å². The van der Waals surface area contributed by atoms with Crippen LogP contribution in [0.15, 0.2) is 10.9 Å². The molecule has 3 heteroatoms. The molecule has 82 valence electrons. The molecule has 0 fully saturated rings. The molecule has 15 heavy (non-hydrogen) atoms. The van der Waals surface area contributed by atoms with Gasteiger partial charge in [0, 0.05) is 11.3 Å². The fourth-order valence-corrected chi connectivity index (χ4v) is 2.52. The Morgan fingerprint density at radius 1 is 1.53 bits per heavy atom. The molecule has 3 nitrogen and oxygen atoms in total. The summed E-state index contributed by atoms with van der Waals surface area (Å²) in [6, 6.07) is 1.87. The van der Waals surface area contributed by atoms with Gasteiger partial charge in [-0.15, -0.1) is 0 Å². The Labute approximate surface area is 89.2 Å². The molecule has 0 aromatic carbocycles. The molecule has 0 saturated carbocycles. The Bertz CT molecular complexity index is 422. The summed E-state index contributed by atoms with van der Waals surface area (Å²) in [5, 5.41) is 9.04. The van der Waals surface area contributed by atoms with Crippen molar-refractivity contribution in [3.63, 3.8) is 0 Å². The molecule has 2 N–H and O–H groups in total. The number of hydrogen-bond donors (Lipinski definition) is 2. The number of hydrogen-bond acceptors (Lipinski definition) is 2. The number of rotatable bonds is 1. The summed E-state index contributed by atoms with van der Waals surface area (Å²) in [6.07, 6.45) is 2.10. The highest BCUT2D eigenvalue weighted by Gasteiger charge is 2.22. The van der Waals surface area contributed by atoms with Gasteiger partial charge in [-0.3, -0.25) is 4.79 Å². The van der Waals surface area contributed by atoms with Gasteiger partial charge in [0.05, 0.1) is 6.61 Å². The molecule has 1 aromatic rings. The van der Waals surface area contributed by atoms with Crippen LogP contribution >= 0.6 is 0 Å². The van der Waals surface area contributed by atoms with Gasteiger partial charge in [-0.05, 0) is 36.3 Å². The lowest BCUT2D eigenvalue weighted by Crippen LogP contribution is -2.23. The SMILES string of the molecule is CC1Cc2[nH]c(=O)c(CO)cc2C(C)C1. The summed E-state index contributed by atoms with van der Waals surface area (Å²) in [4.78, 5) is 14.4. The van der Waals surface area contributed by atoms with E-state index in [2.05, 4.69) is 18.8 Å². The van der Waals surface area contributed by atoms with Crippen LogP contribution in [0, 0.1) is 5.92 Å². The predicted molar refractivity (Wildman–Crippen MR) is 58.9 cm³/mol. The zero-order chi connectivity index (χ0) is 11.0. The van der Waals surface area contributed by atoms with E-state index in [1.807, 2.05) is 6.07 Å². The van der Waals surface area contributed by atoms with Crippen molar-refractivity contribution in [3.8, 4) is 0 Å². The predicted octanol–water partition coefficient (Wildman–Crippen LogP) is 1.55. The third-order valence-corrected chi connectivity index (χ3v) is 3.24. The molecule has 0 spiro atoms. The lowest BCUT2D eigenvalue weighted by atomic mass is 9.80. The van der Waals surface area contributed by atoms with Crippen molar-refractivity contribution in [2.75, 3.05) is 0 Å². The average molecular weight is 207 g/mol. The minimum Gasteiger partial charge on any atom is -0.391 e. The molecule has 1 heterocycles. The zero-order valence-corrected chi connectivity index (χ0v) is 9.21. The first-order valence-corrected chi connectivity index (χ1v) is 5.47. The van der Waals surface area contributed by atoms with E-state index < -0.39 is 0 Å². The number of fused-ring (bicyclic) bond motifs is 1. The molecular weight excluding hydrogens is 190 g/mol. The monoisotopic (exact) mass is 207 g/mol. The van der Waals surface area contributed by atoms with Crippen LogP contribution in [-0.4, -0.2) is 10.1 Å². The number of pyridine rings is 1. The van der Waals surface area contributed by atoms with Crippen molar-refractivity contribution in [1.82, 2.24) is 4.98 Å². The first kappa shape index (κ1) is 10.4. The van der Waals surface area contributed by atoms with E-state index in [1.54, 1.807) is 0 Å². The third kappa shape index (κ3) is 1.84. The van der Waals surface area contributed by atoms with Crippen molar-refractivity contribution in [2.24, 2.45) is 5.92 Å². The number of aliphatic hydroxyl groups is 1. The van der Waals surface area contributed by atoms with E-state index in [-0.39, 0.29) is 12.2 Å². The first-order chi connectivity index (χ1) is 7.11. The van der Waals surface area contributed by atoms with Crippen molar-refractivity contribution in [2.45, 2.75) is 39.2 Å². The van der Waals surface area contributed by atoms with Gasteiger partial charge in [0.1, 0.15) is 0 Å². The summed E-state index contributed by atoms with van der Waals surface area (Å²) in [7, 11) is 0. The maximum atomic E-state index is 11.5. The highest BCUT2D eigenvalue weighted by atomic mass is 16.3. The molecule has 0 bridgehead atoms. The van der Waals surface area contributed by atoms with Crippen molar-refractivity contribution in [1.29, 1.82) is 0 Å². The van der Waals surface area contributed by atoms with Crippen LogP contribution in [0.2, 0.25) is 0 Å². The smallest absolute Gasteiger partial charge is 0.253 e. The molecule has 2 atom stereocenters. The fraction of sp³-hybridized carbons (Fsp3) is 0.583. The van der Waals surface area contributed by atoms with Gasteiger partial charge >= 0.3 is 0 Å². The van der Waals surface area contributed by atoms with Crippen molar-refractivity contribution >= 4 is 0 Å². The van der Waals surface area contributed by atoms with E-state index in [1.165, 1.54) is 5.56 Å². The Morgan fingerprint density at radius 3 is 2.93 bits per heavy atom. The minimum atomic E-state index is -0.176. The average Bonchev–Trinajstić information content (AvgIpc) is 2.16. The Morgan fingerprint density at radius 2 is 2.27 bits per heavy atom. The molecule has 0 saturated heterocycles. The molecule has 1 aromatic heterocycles. The van der Waals surface area contributed by atoms with Crippen LogP contribution in [0.3, 0.4) is 0 Å². The maximum Gasteiger partial charge on any atom is 0.253 e. The van der Waals surface area contributed by atoms with Gasteiger partial charge in [0.25, 0.3) is 5.56 Å². The quantitative estimate of drug-likeness (QED) is 0.734. The molecule has 0 aliphatic heterocycles. The summed E-state index contributed by atoms with van der Waals surface area (Å²) in [6.45, 7) is 4.20.